The number of carbonyl (C=O) groups is 2. The van der Waals surface area contributed by atoms with E-state index in [1.165, 1.54) is 6.21 Å². The van der Waals surface area contributed by atoms with Crippen molar-refractivity contribution < 1.29 is 14.7 Å². The summed E-state index contributed by atoms with van der Waals surface area (Å²) in [6, 6.07) is 16.8. The zero-order chi connectivity index (χ0) is 21.7. The van der Waals surface area contributed by atoms with Crippen LogP contribution in [-0.2, 0) is 0 Å². The predicted octanol–water partition coefficient (Wildman–Crippen LogP) is 5.70. The van der Waals surface area contributed by atoms with Crippen LogP contribution in [-0.4, -0.2) is 23.1 Å². The third-order valence-electron chi connectivity index (χ3n) is 3.93. The van der Waals surface area contributed by atoms with Crippen molar-refractivity contribution in [1.29, 1.82) is 0 Å². The second-order valence-electron chi connectivity index (χ2n) is 6.07. The third kappa shape index (κ3) is 5.78. The van der Waals surface area contributed by atoms with Crippen LogP contribution in [0.25, 0.3) is 0 Å². The van der Waals surface area contributed by atoms with E-state index < -0.39 is 5.91 Å². The van der Waals surface area contributed by atoms with E-state index in [2.05, 4.69) is 63.6 Å². The molecule has 0 heterocycles. The van der Waals surface area contributed by atoms with Gasteiger partial charge in [0.2, 0.25) is 0 Å². The van der Waals surface area contributed by atoms with Crippen LogP contribution >= 0.6 is 47.8 Å². The van der Waals surface area contributed by atoms with Crippen LogP contribution in [0, 0.1) is 0 Å². The van der Waals surface area contributed by atoms with E-state index in [0.717, 1.165) is 4.47 Å². The smallest absolute Gasteiger partial charge is 0.271 e. The number of hydrazone groups is 1. The van der Waals surface area contributed by atoms with Gasteiger partial charge in [-0.25, -0.2) is 5.43 Å². The Bertz CT molecular complexity index is 1090. The van der Waals surface area contributed by atoms with Crippen molar-refractivity contribution in [3.05, 3.63) is 90.8 Å². The van der Waals surface area contributed by atoms with E-state index in [0.29, 0.717) is 31.3 Å². The number of amides is 2. The van der Waals surface area contributed by atoms with Crippen molar-refractivity contribution in [2.75, 3.05) is 5.32 Å². The van der Waals surface area contributed by atoms with Crippen molar-refractivity contribution in [3.8, 4) is 5.75 Å². The van der Waals surface area contributed by atoms with Gasteiger partial charge in [-0.15, -0.1) is 0 Å². The van der Waals surface area contributed by atoms with Gasteiger partial charge >= 0.3 is 0 Å². The highest BCUT2D eigenvalue weighted by Crippen LogP contribution is 2.32. The van der Waals surface area contributed by atoms with E-state index in [-0.39, 0.29) is 11.7 Å². The van der Waals surface area contributed by atoms with Crippen LogP contribution in [0.4, 0.5) is 5.69 Å². The van der Waals surface area contributed by atoms with Gasteiger partial charge in [0, 0.05) is 21.3 Å². The summed E-state index contributed by atoms with van der Waals surface area (Å²) in [7, 11) is 0. The number of nitrogens with one attached hydrogen (secondary N) is 2. The Hall–Kier alpha value is -2.49. The number of nitrogens with zero attached hydrogens (tertiary/aromatic N) is 1. The SMILES string of the molecule is O=C(N/N=C/c1cc(Br)c(O)c(Br)c1)c1ccc(NC(=O)c2ccc(Br)cc2)cc1. The van der Waals surface area contributed by atoms with Crippen LogP contribution < -0.4 is 10.7 Å². The van der Waals surface area contributed by atoms with Gasteiger partial charge in [-0.3, -0.25) is 9.59 Å². The first kappa shape index (κ1) is 22.2. The largest absolute Gasteiger partial charge is 0.506 e. The molecule has 0 spiro atoms. The van der Waals surface area contributed by atoms with Gasteiger partial charge in [0.15, 0.2) is 0 Å². The van der Waals surface area contributed by atoms with Crippen LogP contribution in [0.3, 0.4) is 0 Å². The molecule has 3 aromatic carbocycles. The van der Waals surface area contributed by atoms with Crippen LogP contribution in [0.5, 0.6) is 5.75 Å². The summed E-state index contributed by atoms with van der Waals surface area (Å²) in [6.45, 7) is 0. The maximum atomic E-state index is 12.2. The maximum absolute atomic E-state index is 12.2. The summed E-state index contributed by atoms with van der Waals surface area (Å²) < 4.78 is 1.90. The molecule has 0 fully saturated rings. The Balaban J connectivity index is 1.59. The highest BCUT2D eigenvalue weighted by molar-refractivity contribution is 9.11. The Morgan fingerprint density at radius 3 is 1.97 bits per heavy atom. The summed E-state index contributed by atoms with van der Waals surface area (Å²) in [4.78, 5) is 24.5. The number of carbonyl (C=O) groups excluding carboxylic acids is 2. The van der Waals surface area contributed by atoms with Gasteiger partial charge in [-0.2, -0.15) is 5.10 Å². The second kappa shape index (κ2) is 10.0. The first-order valence-electron chi connectivity index (χ1n) is 8.52. The number of halogens is 3. The normalized spacial score (nSPS) is 10.8. The lowest BCUT2D eigenvalue weighted by Gasteiger charge is -2.06. The molecule has 0 aliphatic rings. The first-order valence-corrected chi connectivity index (χ1v) is 10.9. The highest BCUT2D eigenvalue weighted by atomic mass is 79.9. The van der Waals surface area contributed by atoms with Gasteiger partial charge in [0.25, 0.3) is 11.8 Å². The Kier molecular flexibility index (Phi) is 7.41. The van der Waals surface area contributed by atoms with Gasteiger partial charge in [-0.1, -0.05) is 15.9 Å². The van der Waals surface area contributed by atoms with Crippen molar-refractivity contribution in [2.45, 2.75) is 0 Å². The molecule has 30 heavy (non-hydrogen) atoms. The molecule has 0 saturated heterocycles. The summed E-state index contributed by atoms with van der Waals surface area (Å²) >= 11 is 9.80. The minimum absolute atomic E-state index is 0.0866. The lowest BCUT2D eigenvalue weighted by molar-refractivity contribution is 0.0954. The lowest BCUT2D eigenvalue weighted by Crippen LogP contribution is -2.17. The Morgan fingerprint density at radius 2 is 1.37 bits per heavy atom. The van der Waals surface area contributed by atoms with Gasteiger partial charge in [-0.05, 0) is 98.1 Å². The fourth-order valence-electron chi connectivity index (χ4n) is 2.40. The predicted molar refractivity (Wildman–Crippen MR) is 127 cm³/mol. The van der Waals surface area contributed by atoms with Crippen molar-refractivity contribution in [3.63, 3.8) is 0 Å². The minimum atomic E-state index is -0.394. The number of phenolic OH excluding ortho intramolecular Hbond substituents is 1. The number of phenols is 1. The average molecular weight is 596 g/mol. The van der Waals surface area contributed by atoms with Crippen molar-refractivity contribution >= 4 is 71.5 Å². The quantitative estimate of drug-likeness (QED) is 0.261. The van der Waals surface area contributed by atoms with E-state index in [4.69, 9.17) is 0 Å². The monoisotopic (exact) mass is 593 g/mol. The molecule has 0 atom stereocenters. The molecule has 0 unspecified atom stereocenters. The van der Waals surface area contributed by atoms with E-state index >= 15 is 0 Å². The molecule has 0 bridgehead atoms. The molecule has 0 aromatic heterocycles. The van der Waals surface area contributed by atoms with Crippen molar-refractivity contribution in [1.82, 2.24) is 5.43 Å². The molecule has 0 radical (unpaired) electrons. The molecule has 0 aliphatic heterocycles. The third-order valence-corrected chi connectivity index (χ3v) is 5.67. The standard InChI is InChI=1S/C21H14Br3N3O3/c22-15-5-1-13(2-6-15)20(29)26-16-7-3-14(4-8-16)21(30)27-25-11-12-9-17(23)19(28)18(24)10-12/h1-11,28H,(H,26,29)(H,27,30)/b25-11+. The first-order chi connectivity index (χ1) is 14.3. The van der Waals surface area contributed by atoms with Crippen molar-refractivity contribution in [2.24, 2.45) is 5.10 Å². The second-order valence-corrected chi connectivity index (χ2v) is 8.70. The molecule has 152 valence electrons. The van der Waals surface area contributed by atoms with Gasteiger partial charge in [0.1, 0.15) is 5.75 Å². The fourth-order valence-corrected chi connectivity index (χ4v) is 3.89. The Morgan fingerprint density at radius 1 is 0.833 bits per heavy atom. The summed E-state index contributed by atoms with van der Waals surface area (Å²) in [5.41, 5.74) is 4.61. The minimum Gasteiger partial charge on any atom is -0.506 e. The molecular formula is C21H14Br3N3O3. The molecule has 6 nitrogen and oxygen atoms in total. The van der Waals surface area contributed by atoms with Gasteiger partial charge < -0.3 is 10.4 Å². The number of benzene rings is 3. The van der Waals surface area contributed by atoms with E-state index in [9.17, 15) is 14.7 Å². The number of hydrogen-bond acceptors (Lipinski definition) is 4. The van der Waals surface area contributed by atoms with Gasteiger partial charge in [0.05, 0.1) is 15.2 Å². The van der Waals surface area contributed by atoms with Crippen LogP contribution in [0.2, 0.25) is 0 Å². The zero-order valence-corrected chi connectivity index (χ0v) is 20.0. The fraction of sp³-hybridized carbons (Fsp3) is 0. The Labute approximate surface area is 197 Å². The summed E-state index contributed by atoms with van der Waals surface area (Å²) in [5, 5.41) is 16.4. The molecule has 9 heteroatoms. The lowest BCUT2D eigenvalue weighted by atomic mass is 10.1. The molecule has 0 aliphatic carbocycles. The van der Waals surface area contributed by atoms with E-state index in [1.807, 2.05) is 0 Å². The average Bonchev–Trinajstić information content (AvgIpc) is 2.73. The van der Waals surface area contributed by atoms with Crippen LogP contribution in [0.15, 0.2) is 79.2 Å². The van der Waals surface area contributed by atoms with E-state index in [1.54, 1.807) is 60.7 Å². The highest BCUT2D eigenvalue weighted by Gasteiger charge is 2.08. The molecule has 3 rings (SSSR count). The van der Waals surface area contributed by atoms with Crippen LogP contribution in [0.1, 0.15) is 26.3 Å². The zero-order valence-electron chi connectivity index (χ0n) is 15.2. The molecule has 3 aromatic rings. The number of rotatable bonds is 5. The molecule has 2 amide bonds. The number of anilines is 1. The number of hydrogen-bond donors (Lipinski definition) is 3. The summed E-state index contributed by atoms with van der Waals surface area (Å²) in [5.74, 6) is -0.548. The molecular weight excluding hydrogens is 582 g/mol. The molecule has 3 N–H and O–H groups in total. The number of aromatic hydroxyl groups is 1. The topological polar surface area (TPSA) is 90.8 Å². The molecule has 0 saturated carbocycles. The summed E-state index contributed by atoms with van der Waals surface area (Å²) in [6.07, 6.45) is 1.46. The maximum Gasteiger partial charge on any atom is 0.271 e.